The standard InChI is InChI=1S/C15H14O5/c1-2-19-13(16)9-12-11(14(17)15(18)20-12)8-10-6-4-3-5-7-10/h3-7,9,17H,2,8H2,1H3/b12-9-. The zero-order valence-electron chi connectivity index (χ0n) is 11.0. The monoisotopic (exact) mass is 274 g/mol. The van der Waals surface area contributed by atoms with Crippen LogP contribution in [-0.2, 0) is 25.5 Å². The second-order valence-electron chi connectivity index (χ2n) is 4.14. The van der Waals surface area contributed by atoms with Crippen LogP contribution in [0.25, 0.3) is 0 Å². The first-order chi connectivity index (χ1) is 9.61. The normalized spacial score (nSPS) is 16.4. The predicted molar refractivity (Wildman–Crippen MR) is 70.6 cm³/mol. The van der Waals surface area contributed by atoms with Crippen LogP contribution in [0.4, 0.5) is 0 Å². The lowest BCUT2D eigenvalue weighted by Crippen LogP contribution is -2.03. The minimum atomic E-state index is -0.855. The van der Waals surface area contributed by atoms with Gasteiger partial charge in [-0.05, 0) is 12.5 Å². The second kappa shape index (κ2) is 6.06. The van der Waals surface area contributed by atoms with Crippen molar-refractivity contribution in [1.29, 1.82) is 0 Å². The third-order valence-corrected chi connectivity index (χ3v) is 2.74. The summed E-state index contributed by atoms with van der Waals surface area (Å²) in [6.45, 7) is 1.90. The minimum Gasteiger partial charge on any atom is -0.502 e. The van der Waals surface area contributed by atoms with E-state index in [4.69, 9.17) is 9.47 Å². The first-order valence-electron chi connectivity index (χ1n) is 6.19. The first kappa shape index (κ1) is 13.9. The highest BCUT2D eigenvalue weighted by molar-refractivity contribution is 5.94. The van der Waals surface area contributed by atoms with Crippen molar-refractivity contribution in [3.8, 4) is 0 Å². The molecule has 0 saturated heterocycles. The van der Waals surface area contributed by atoms with Crippen molar-refractivity contribution in [1.82, 2.24) is 0 Å². The molecule has 1 aliphatic heterocycles. The molecule has 20 heavy (non-hydrogen) atoms. The van der Waals surface area contributed by atoms with Crippen LogP contribution < -0.4 is 0 Å². The molecule has 0 bridgehead atoms. The first-order valence-corrected chi connectivity index (χ1v) is 6.19. The van der Waals surface area contributed by atoms with E-state index in [1.54, 1.807) is 6.92 Å². The summed E-state index contributed by atoms with van der Waals surface area (Å²) in [6.07, 6.45) is 1.37. The van der Waals surface area contributed by atoms with Gasteiger partial charge in [-0.2, -0.15) is 0 Å². The second-order valence-corrected chi connectivity index (χ2v) is 4.14. The average molecular weight is 274 g/mol. The van der Waals surface area contributed by atoms with Crippen LogP contribution in [0.5, 0.6) is 0 Å². The quantitative estimate of drug-likeness (QED) is 0.672. The average Bonchev–Trinajstić information content (AvgIpc) is 2.68. The molecule has 0 amide bonds. The Balaban J connectivity index is 2.26. The van der Waals surface area contributed by atoms with Gasteiger partial charge in [0.2, 0.25) is 5.76 Å². The van der Waals surface area contributed by atoms with Crippen LogP contribution in [0.2, 0.25) is 0 Å². The number of benzene rings is 1. The molecule has 5 nitrogen and oxygen atoms in total. The molecular weight excluding hydrogens is 260 g/mol. The largest absolute Gasteiger partial charge is 0.502 e. The maximum atomic E-state index is 11.4. The highest BCUT2D eigenvalue weighted by Crippen LogP contribution is 2.27. The van der Waals surface area contributed by atoms with Crippen molar-refractivity contribution < 1.29 is 24.2 Å². The molecule has 1 N–H and O–H groups in total. The lowest BCUT2D eigenvalue weighted by molar-refractivity contribution is -0.137. The van der Waals surface area contributed by atoms with E-state index in [1.165, 1.54) is 0 Å². The van der Waals surface area contributed by atoms with Crippen molar-refractivity contribution in [2.24, 2.45) is 0 Å². The zero-order chi connectivity index (χ0) is 14.5. The molecular formula is C15H14O5. The molecule has 0 spiro atoms. The van der Waals surface area contributed by atoms with Gasteiger partial charge in [0.25, 0.3) is 0 Å². The fourth-order valence-corrected chi connectivity index (χ4v) is 1.83. The number of aliphatic hydroxyl groups is 1. The molecule has 0 radical (unpaired) electrons. The third-order valence-electron chi connectivity index (χ3n) is 2.74. The summed E-state index contributed by atoms with van der Waals surface area (Å²) in [5.41, 5.74) is 1.18. The number of rotatable bonds is 4. The Morgan fingerprint density at radius 3 is 2.70 bits per heavy atom. The Bertz CT molecular complexity index is 584. The summed E-state index contributed by atoms with van der Waals surface area (Å²) < 4.78 is 9.63. The number of cyclic esters (lactones) is 1. The number of carbonyl (C=O) groups excluding carboxylic acids is 2. The van der Waals surface area contributed by atoms with E-state index >= 15 is 0 Å². The lowest BCUT2D eigenvalue weighted by atomic mass is 10.0. The minimum absolute atomic E-state index is 0.0369. The molecule has 0 atom stereocenters. The topological polar surface area (TPSA) is 72.8 Å². The molecule has 1 aromatic carbocycles. The van der Waals surface area contributed by atoms with Crippen LogP contribution in [0, 0.1) is 0 Å². The predicted octanol–water partition coefficient (Wildman–Crippen LogP) is 2.04. The van der Waals surface area contributed by atoms with Gasteiger partial charge in [0, 0.05) is 12.0 Å². The summed E-state index contributed by atoms with van der Waals surface area (Å²) in [5, 5.41) is 9.74. The third kappa shape index (κ3) is 3.06. The number of hydrogen-bond acceptors (Lipinski definition) is 5. The summed E-state index contributed by atoms with van der Waals surface area (Å²) in [6, 6.07) is 9.26. The van der Waals surface area contributed by atoms with Gasteiger partial charge in [-0.15, -0.1) is 0 Å². The molecule has 5 heteroatoms. The zero-order valence-corrected chi connectivity index (χ0v) is 11.0. The van der Waals surface area contributed by atoms with Crippen molar-refractivity contribution in [3.05, 3.63) is 59.1 Å². The van der Waals surface area contributed by atoms with E-state index < -0.39 is 17.7 Å². The van der Waals surface area contributed by atoms with Crippen molar-refractivity contribution >= 4 is 11.9 Å². The Kier molecular flexibility index (Phi) is 4.20. The smallest absolute Gasteiger partial charge is 0.379 e. The Morgan fingerprint density at radius 1 is 1.35 bits per heavy atom. The lowest BCUT2D eigenvalue weighted by Gasteiger charge is -2.04. The van der Waals surface area contributed by atoms with Gasteiger partial charge in [0.05, 0.1) is 12.7 Å². The number of allylic oxidation sites excluding steroid dienone is 1. The van der Waals surface area contributed by atoms with E-state index in [0.29, 0.717) is 6.42 Å². The molecule has 0 saturated carbocycles. The van der Waals surface area contributed by atoms with Gasteiger partial charge >= 0.3 is 11.9 Å². The van der Waals surface area contributed by atoms with Crippen molar-refractivity contribution in [3.63, 3.8) is 0 Å². The molecule has 0 aromatic heterocycles. The highest BCUT2D eigenvalue weighted by Gasteiger charge is 2.30. The Hall–Kier alpha value is -2.56. The molecule has 0 aliphatic carbocycles. The molecule has 1 aromatic rings. The molecule has 0 fully saturated rings. The van der Waals surface area contributed by atoms with Gasteiger partial charge in [0.1, 0.15) is 5.76 Å². The highest BCUT2D eigenvalue weighted by atomic mass is 16.6. The molecule has 104 valence electrons. The van der Waals surface area contributed by atoms with E-state index in [1.807, 2.05) is 30.3 Å². The summed E-state index contributed by atoms with van der Waals surface area (Å²) in [5.74, 6) is -1.90. The van der Waals surface area contributed by atoms with E-state index in [2.05, 4.69) is 0 Å². The van der Waals surface area contributed by atoms with E-state index in [9.17, 15) is 14.7 Å². The number of aliphatic hydroxyl groups excluding tert-OH is 1. The Labute approximate surface area is 116 Å². The van der Waals surface area contributed by atoms with Crippen molar-refractivity contribution in [2.75, 3.05) is 6.61 Å². The van der Waals surface area contributed by atoms with Crippen LogP contribution in [0.15, 0.2) is 53.5 Å². The molecule has 1 aliphatic rings. The summed E-state index contributed by atoms with van der Waals surface area (Å²) in [4.78, 5) is 22.8. The Morgan fingerprint density at radius 2 is 2.05 bits per heavy atom. The van der Waals surface area contributed by atoms with Crippen LogP contribution in [0.3, 0.4) is 0 Å². The number of esters is 2. The van der Waals surface area contributed by atoms with Crippen molar-refractivity contribution in [2.45, 2.75) is 13.3 Å². The van der Waals surface area contributed by atoms with Gasteiger partial charge < -0.3 is 14.6 Å². The molecule has 1 heterocycles. The van der Waals surface area contributed by atoms with Gasteiger partial charge in [0.15, 0.2) is 0 Å². The van der Waals surface area contributed by atoms with Crippen LogP contribution in [-0.4, -0.2) is 23.7 Å². The summed E-state index contributed by atoms with van der Waals surface area (Å²) >= 11 is 0. The van der Waals surface area contributed by atoms with Gasteiger partial charge in [-0.25, -0.2) is 9.59 Å². The number of carbonyl (C=O) groups is 2. The SMILES string of the molecule is CCOC(=O)/C=C1\OC(=O)C(O)=C1Cc1ccccc1. The summed E-state index contributed by atoms with van der Waals surface area (Å²) in [7, 11) is 0. The molecule has 0 unspecified atom stereocenters. The van der Waals surface area contributed by atoms with Crippen LogP contribution in [0.1, 0.15) is 12.5 Å². The van der Waals surface area contributed by atoms with Gasteiger partial charge in [-0.3, -0.25) is 0 Å². The fourth-order valence-electron chi connectivity index (χ4n) is 1.83. The van der Waals surface area contributed by atoms with Crippen LogP contribution >= 0.6 is 0 Å². The maximum absolute atomic E-state index is 11.4. The molecule has 2 rings (SSSR count). The van der Waals surface area contributed by atoms with E-state index in [-0.39, 0.29) is 17.9 Å². The van der Waals surface area contributed by atoms with Gasteiger partial charge in [-0.1, -0.05) is 30.3 Å². The maximum Gasteiger partial charge on any atom is 0.379 e. The number of ether oxygens (including phenoxy) is 2. The fraction of sp³-hybridized carbons (Fsp3) is 0.200. The van der Waals surface area contributed by atoms with E-state index in [0.717, 1.165) is 11.6 Å². The number of hydrogen-bond donors (Lipinski definition) is 1.